The zero-order chi connectivity index (χ0) is 32.7. The molecule has 3 rings (SSSR count). The van der Waals surface area contributed by atoms with Crippen LogP contribution in [0, 0.1) is 0 Å². The number of hydrogen-bond donors (Lipinski definition) is 2. The number of anilines is 1. The van der Waals surface area contributed by atoms with Crippen LogP contribution < -0.4 is 10.9 Å². The molecule has 0 aliphatic rings. The summed E-state index contributed by atoms with van der Waals surface area (Å²) in [7, 11) is 0. The highest BCUT2D eigenvalue weighted by atomic mass is 35.5. The second-order valence-corrected chi connectivity index (χ2v) is 10.5. The van der Waals surface area contributed by atoms with E-state index in [0.717, 1.165) is 12.1 Å². The summed E-state index contributed by atoms with van der Waals surface area (Å²) in [5, 5.41) is -2.37. The Labute approximate surface area is 260 Å². The molecule has 0 aromatic heterocycles. The van der Waals surface area contributed by atoms with Crippen LogP contribution in [-0.4, -0.2) is 12.1 Å². The van der Waals surface area contributed by atoms with Gasteiger partial charge in [0.2, 0.25) is 0 Å². The van der Waals surface area contributed by atoms with Crippen molar-refractivity contribution in [1.82, 2.24) is 5.43 Å². The lowest BCUT2D eigenvalue weighted by Gasteiger charge is -2.19. The van der Waals surface area contributed by atoms with Gasteiger partial charge < -0.3 is 0 Å². The fraction of sp³-hybridized carbons (Fsp3) is 0.160. The van der Waals surface area contributed by atoms with Crippen LogP contribution in [0.5, 0.6) is 0 Å². The van der Waals surface area contributed by atoms with Gasteiger partial charge in [-0.2, -0.15) is 39.5 Å². The second-order valence-electron chi connectivity index (χ2n) is 8.48. The maximum absolute atomic E-state index is 15.0. The Bertz CT molecular complexity index is 1540. The minimum absolute atomic E-state index is 0.0126. The second kappa shape index (κ2) is 12.8. The van der Waals surface area contributed by atoms with Gasteiger partial charge in [0.05, 0.1) is 47.5 Å². The number of nitrogens with one attached hydrogen (secondary N) is 2. The van der Waals surface area contributed by atoms with Crippen LogP contribution >= 0.6 is 58.0 Å². The first-order valence-corrected chi connectivity index (χ1v) is 12.9. The molecule has 18 heteroatoms. The summed E-state index contributed by atoms with van der Waals surface area (Å²) >= 11 is 28.8. The summed E-state index contributed by atoms with van der Waals surface area (Å²) in [5.41, 5.74) is -2.52. The molecule has 0 saturated heterocycles. The quantitative estimate of drug-likeness (QED) is 0.151. The number of carbonyl (C=O) groups is 1. The number of alkyl halides is 9. The molecule has 0 bridgehead atoms. The lowest BCUT2D eigenvalue weighted by molar-refractivity contribution is -0.140. The van der Waals surface area contributed by atoms with Gasteiger partial charge in [-0.15, -0.1) is 0 Å². The lowest BCUT2D eigenvalue weighted by atomic mass is 9.95. The van der Waals surface area contributed by atoms with Gasteiger partial charge in [0, 0.05) is 5.56 Å². The first-order chi connectivity index (χ1) is 19.6. The number of carbonyl (C=O) groups excluding carboxylic acids is 1. The molecule has 2 N–H and O–H groups in total. The number of benzene rings is 3. The Balaban J connectivity index is 1.97. The molecule has 3 nitrogen and oxygen atoms in total. The van der Waals surface area contributed by atoms with Crippen molar-refractivity contribution in [3.63, 3.8) is 0 Å². The lowest BCUT2D eigenvalue weighted by Crippen LogP contribution is -2.31. The van der Waals surface area contributed by atoms with Gasteiger partial charge in [0.25, 0.3) is 5.91 Å². The molecule has 0 fully saturated rings. The van der Waals surface area contributed by atoms with Crippen molar-refractivity contribution in [2.45, 2.75) is 24.4 Å². The molecule has 232 valence electrons. The average Bonchev–Trinajstić information content (AvgIpc) is 2.87. The first-order valence-electron chi connectivity index (χ1n) is 11.0. The molecule has 0 saturated carbocycles. The molecule has 3 aromatic carbocycles. The van der Waals surface area contributed by atoms with Gasteiger partial charge in [-0.05, 0) is 48.0 Å². The van der Waals surface area contributed by atoms with Crippen LogP contribution in [0.1, 0.15) is 38.5 Å². The highest BCUT2D eigenvalue weighted by Crippen LogP contribution is 2.43. The number of allylic oxidation sites excluding steroid dienone is 1. The van der Waals surface area contributed by atoms with E-state index in [0.29, 0.717) is 24.3 Å². The predicted octanol–water partition coefficient (Wildman–Crippen LogP) is 11.4. The van der Waals surface area contributed by atoms with E-state index >= 15 is 4.39 Å². The molecule has 43 heavy (non-hydrogen) atoms. The molecule has 1 atom stereocenters. The van der Waals surface area contributed by atoms with Crippen LogP contribution in [0.4, 0.5) is 49.6 Å². The van der Waals surface area contributed by atoms with E-state index in [1.807, 2.05) is 5.43 Å². The Kier molecular flexibility index (Phi) is 10.4. The average molecular weight is 723 g/mol. The largest absolute Gasteiger partial charge is 0.417 e. The van der Waals surface area contributed by atoms with Crippen molar-refractivity contribution >= 4 is 75.4 Å². The van der Waals surface area contributed by atoms with Crippen LogP contribution in [-0.2, 0) is 12.4 Å². The zero-order valence-corrected chi connectivity index (χ0v) is 24.1. The smallest absolute Gasteiger partial charge is 0.295 e. The number of amides is 1. The summed E-state index contributed by atoms with van der Waals surface area (Å²) < 4.78 is 137. The minimum Gasteiger partial charge on any atom is -0.295 e. The molecule has 0 heterocycles. The van der Waals surface area contributed by atoms with E-state index in [-0.39, 0.29) is 17.2 Å². The fourth-order valence-electron chi connectivity index (χ4n) is 3.55. The molecule has 0 aliphatic heterocycles. The number of hydrogen-bond acceptors (Lipinski definition) is 2. The van der Waals surface area contributed by atoms with Gasteiger partial charge in [0.1, 0.15) is 11.7 Å². The van der Waals surface area contributed by atoms with Gasteiger partial charge in [-0.3, -0.25) is 15.6 Å². The Morgan fingerprint density at radius 2 is 1.28 bits per heavy atom. The van der Waals surface area contributed by atoms with Crippen LogP contribution in [0.15, 0.2) is 48.5 Å². The Morgan fingerprint density at radius 1 is 0.744 bits per heavy atom. The van der Waals surface area contributed by atoms with Crippen LogP contribution in [0.2, 0.25) is 25.1 Å². The first kappa shape index (κ1) is 34.9. The normalized spacial score (nSPS) is 13.6. The molecule has 0 spiro atoms. The molecule has 3 aromatic rings. The molecule has 0 aliphatic carbocycles. The highest BCUT2D eigenvalue weighted by molar-refractivity contribution is 6.48. The van der Waals surface area contributed by atoms with E-state index in [4.69, 9.17) is 58.0 Å². The highest BCUT2D eigenvalue weighted by Gasteiger charge is 2.41. The third-order valence-corrected chi connectivity index (χ3v) is 7.34. The predicted molar refractivity (Wildman–Crippen MR) is 143 cm³/mol. The summed E-state index contributed by atoms with van der Waals surface area (Å²) in [5.74, 6) is -6.00. The topological polar surface area (TPSA) is 41.1 Å². The Morgan fingerprint density at radius 3 is 1.74 bits per heavy atom. The standard InChI is InChI=1S/C25H11Cl5F10N2O/c26-15-4-10(5-16(27)20(15)30)13(24(35,36)37)8-19(31)9-1-2-12(14(3-9)25(38,39)40)22(43)42-41-21-17(28)6-11(7-18(21)29)23(32,33)34/h1-8,13,41H,(H,42,43). The summed E-state index contributed by atoms with van der Waals surface area (Å²) in [6.07, 6.45) is -15.3. The van der Waals surface area contributed by atoms with Crippen molar-refractivity contribution in [1.29, 1.82) is 0 Å². The van der Waals surface area contributed by atoms with Crippen molar-refractivity contribution in [2.75, 3.05) is 5.43 Å². The van der Waals surface area contributed by atoms with Gasteiger partial charge in [0.15, 0.2) is 0 Å². The monoisotopic (exact) mass is 720 g/mol. The number of halogens is 15. The number of rotatable bonds is 6. The summed E-state index contributed by atoms with van der Waals surface area (Å²) in [6, 6.07) is 3.55. The van der Waals surface area contributed by atoms with Crippen molar-refractivity contribution in [2.24, 2.45) is 0 Å². The van der Waals surface area contributed by atoms with E-state index in [2.05, 4.69) is 0 Å². The minimum atomic E-state index is -5.33. The number of hydrazine groups is 1. The maximum Gasteiger partial charge on any atom is 0.417 e. The van der Waals surface area contributed by atoms with E-state index in [9.17, 15) is 44.3 Å². The summed E-state index contributed by atoms with van der Waals surface area (Å²) in [6.45, 7) is 0. The van der Waals surface area contributed by atoms with Crippen LogP contribution in [0.3, 0.4) is 0 Å². The zero-order valence-electron chi connectivity index (χ0n) is 20.3. The van der Waals surface area contributed by atoms with Crippen molar-refractivity contribution < 1.29 is 48.7 Å². The molecular weight excluding hydrogens is 712 g/mol. The van der Waals surface area contributed by atoms with Crippen molar-refractivity contribution in [3.05, 3.63) is 101 Å². The van der Waals surface area contributed by atoms with E-state index in [1.54, 1.807) is 5.43 Å². The maximum atomic E-state index is 15.0. The van der Waals surface area contributed by atoms with Gasteiger partial charge >= 0.3 is 18.5 Å². The summed E-state index contributed by atoms with van der Waals surface area (Å²) in [4.78, 5) is 12.6. The molecule has 0 radical (unpaired) electrons. The van der Waals surface area contributed by atoms with Gasteiger partial charge in [-0.1, -0.05) is 64.1 Å². The van der Waals surface area contributed by atoms with Crippen LogP contribution in [0.25, 0.3) is 5.83 Å². The van der Waals surface area contributed by atoms with Gasteiger partial charge in [-0.25, -0.2) is 4.39 Å². The molecular formula is C25H11Cl5F10N2O. The van der Waals surface area contributed by atoms with E-state index in [1.165, 1.54) is 0 Å². The fourth-order valence-corrected chi connectivity index (χ4v) is 4.74. The Hall–Kier alpha value is -2.58. The molecule has 1 amide bonds. The van der Waals surface area contributed by atoms with Crippen molar-refractivity contribution in [3.8, 4) is 0 Å². The van der Waals surface area contributed by atoms with E-state index < -0.39 is 89.8 Å². The third kappa shape index (κ3) is 8.33. The molecule has 1 unspecified atom stereocenters. The third-order valence-electron chi connectivity index (χ3n) is 5.55. The SMILES string of the molecule is O=C(NNc1c(Cl)cc(C(F)(F)F)cc1Cl)c1ccc(C(F)=CC(c2cc(Cl)c(Cl)c(Cl)c2)C(F)(F)F)cc1C(F)(F)F.